The molecular formula is C22H21NO7. The maximum Gasteiger partial charge on any atom is 0.290 e. The van der Waals surface area contributed by atoms with E-state index in [2.05, 4.69) is 0 Å². The van der Waals surface area contributed by atoms with E-state index in [1.165, 1.54) is 18.3 Å². The molecule has 1 atom stereocenters. The SMILES string of the molecule is COCCCN1C(=O)C(O)=C(C(=O)c2cc3cccc(OC)c3o2)C1c1ccco1. The number of carbonyl (C=O) groups excluding carboxylic acids is 2. The van der Waals surface area contributed by atoms with Crippen LogP contribution in [0.4, 0.5) is 0 Å². The Bertz CT molecular complexity index is 1110. The fourth-order valence-electron chi connectivity index (χ4n) is 3.68. The molecule has 0 aliphatic carbocycles. The van der Waals surface area contributed by atoms with Crippen LogP contribution in [0.15, 0.2) is 62.8 Å². The van der Waals surface area contributed by atoms with Crippen LogP contribution in [0.3, 0.4) is 0 Å². The zero-order chi connectivity index (χ0) is 21.3. The summed E-state index contributed by atoms with van der Waals surface area (Å²) < 4.78 is 21.6. The first-order chi connectivity index (χ1) is 14.6. The van der Waals surface area contributed by atoms with Crippen LogP contribution < -0.4 is 4.74 Å². The van der Waals surface area contributed by atoms with Crippen molar-refractivity contribution >= 4 is 22.7 Å². The average Bonchev–Trinajstić information content (AvgIpc) is 3.48. The number of rotatable bonds is 8. The minimum absolute atomic E-state index is 0.000789. The molecule has 0 bridgehead atoms. The van der Waals surface area contributed by atoms with Gasteiger partial charge in [0.05, 0.1) is 18.9 Å². The molecule has 4 rings (SSSR count). The minimum atomic E-state index is -0.855. The van der Waals surface area contributed by atoms with E-state index in [0.717, 1.165) is 0 Å². The van der Waals surface area contributed by atoms with Gasteiger partial charge in [-0.25, -0.2) is 0 Å². The molecule has 30 heavy (non-hydrogen) atoms. The molecule has 1 unspecified atom stereocenters. The van der Waals surface area contributed by atoms with Crippen molar-refractivity contribution in [2.75, 3.05) is 27.4 Å². The number of nitrogens with zero attached hydrogens (tertiary/aromatic N) is 1. The highest BCUT2D eigenvalue weighted by Gasteiger charge is 2.45. The first-order valence-corrected chi connectivity index (χ1v) is 9.44. The van der Waals surface area contributed by atoms with Crippen LogP contribution in [0.1, 0.15) is 28.8 Å². The van der Waals surface area contributed by atoms with Crippen LogP contribution in [-0.2, 0) is 9.53 Å². The third kappa shape index (κ3) is 3.25. The maximum absolute atomic E-state index is 13.4. The van der Waals surface area contributed by atoms with Crippen LogP contribution in [-0.4, -0.2) is 49.1 Å². The Morgan fingerprint density at radius 2 is 2.07 bits per heavy atom. The van der Waals surface area contributed by atoms with Gasteiger partial charge in [-0.3, -0.25) is 9.59 Å². The summed E-state index contributed by atoms with van der Waals surface area (Å²) >= 11 is 0. The summed E-state index contributed by atoms with van der Waals surface area (Å²) in [5, 5.41) is 11.3. The van der Waals surface area contributed by atoms with Gasteiger partial charge in [0.15, 0.2) is 22.9 Å². The van der Waals surface area contributed by atoms with Crippen molar-refractivity contribution in [1.29, 1.82) is 0 Å². The highest BCUT2D eigenvalue weighted by atomic mass is 16.5. The Balaban J connectivity index is 1.75. The number of Topliss-reactive ketones (excluding diaryl/α,β-unsaturated/α-hetero) is 1. The van der Waals surface area contributed by atoms with Crippen molar-refractivity contribution in [1.82, 2.24) is 4.90 Å². The van der Waals surface area contributed by atoms with E-state index < -0.39 is 23.5 Å². The zero-order valence-corrected chi connectivity index (χ0v) is 16.6. The molecule has 2 aromatic heterocycles. The summed E-state index contributed by atoms with van der Waals surface area (Å²) in [6, 6.07) is 9.33. The zero-order valence-electron chi connectivity index (χ0n) is 16.6. The van der Waals surface area contributed by atoms with Gasteiger partial charge in [-0.1, -0.05) is 12.1 Å². The number of carbonyl (C=O) groups is 2. The third-order valence-corrected chi connectivity index (χ3v) is 5.06. The summed E-state index contributed by atoms with van der Waals surface area (Å²) in [6.07, 6.45) is 1.99. The van der Waals surface area contributed by atoms with Gasteiger partial charge in [0.2, 0.25) is 5.78 Å². The molecule has 0 radical (unpaired) electrons. The van der Waals surface area contributed by atoms with Crippen molar-refractivity contribution in [3.8, 4) is 5.75 Å². The maximum atomic E-state index is 13.4. The van der Waals surface area contributed by atoms with Crippen molar-refractivity contribution in [3.05, 3.63) is 65.5 Å². The van der Waals surface area contributed by atoms with E-state index in [0.29, 0.717) is 35.5 Å². The van der Waals surface area contributed by atoms with Crippen molar-refractivity contribution < 1.29 is 33.0 Å². The van der Waals surface area contributed by atoms with Gasteiger partial charge in [0.25, 0.3) is 5.91 Å². The van der Waals surface area contributed by atoms with Crippen LogP contribution in [0.5, 0.6) is 5.75 Å². The summed E-state index contributed by atoms with van der Waals surface area (Å²) in [5.41, 5.74) is 0.338. The molecule has 0 fully saturated rings. The van der Waals surface area contributed by atoms with Gasteiger partial charge in [-0.05, 0) is 30.7 Å². The predicted molar refractivity (Wildman–Crippen MR) is 106 cm³/mol. The normalized spacial score (nSPS) is 16.7. The molecule has 0 saturated heterocycles. The number of aliphatic hydroxyl groups excluding tert-OH is 1. The molecule has 0 spiro atoms. The van der Waals surface area contributed by atoms with Gasteiger partial charge in [-0.15, -0.1) is 0 Å². The number of ether oxygens (including phenoxy) is 2. The molecule has 3 aromatic rings. The molecule has 1 aliphatic rings. The van der Waals surface area contributed by atoms with Crippen LogP contribution in [0, 0.1) is 0 Å². The first kappa shape index (κ1) is 19.8. The van der Waals surface area contributed by atoms with E-state index in [1.54, 1.807) is 43.5 Å². The van der Waals surface area contributed by atoms with E-state index in [4.69, 9.17) is 18.3 Å². The van der Waals surface area contributed by atoms with Gasteiger partial charge in [0.1, 0.15) is 11.8 Å². The van der Waals surface area contributed by atoms with Gasteiger partial charge in [0, 0.05) is 25.6 Å². The Hall–Kier alpha value is -3.52. The van der Waals surface area contributed by atoms with E-state index in [-0.39, 0.29) is 17.9 Å². The second-order valence-corrected chi connectivity index (χ2v) is 6.84. The summed E-state index contributed by atoms with van der Waals surface area (Å²) in [5.74, 6) is -0.970. The average molecular weight is 411 g/mol. The monoisotopic (exact) mass is 411 g/mol. The lowest BCUT2D eigenvalue weighted by Gasteiger charge is -2.24. The second kappa shape index (κ2) is 8.08. The molecule has 3 heterocycles. The number of methoxy groups -OCH3 is 2. The number of aliphatic hydroxyl groups is 1. The number of para-hydroxylation sites is 1. The molecule has 8 heteroatoms. The lowest BCUT2D eigenvalue weighted by Crippen LogP contribution is -2.32. The first-order valence-electron chi connectivity index (χ1n) is 9.44. The van der Waals surface area contributed by atoms with Crippen LogP contribution in [0.25, 0.3) is 11.0 Å². The topological polar surface area (TPSA) is 102 Å². The quantitative estimate of drug-likeness (QED) is 0.446. The van der Waals surface area contributed by atoms with Crippen molar-refractivity contribution in [2.45, 2.75) is 12.5 Å². The Morgan fingerprint density at radius 3 is 2.77 bits per heavy atom. The van der Waals surface area contributed by atoms with E-state index in [9.17, 15) is 14.7 Å². The fraction of sp³-hybridized carbons (Fsp3) is 0.273. The highest BCUT2D eigenvalue weighted by molar-refractivity contribution is 6.16. The largest absolute Gasteiger partial charge is 0.503 e. The third-order valence-electron chi connectivity index (χ3n) is 5.06. The summed E-state index contributed by atoms with van der Waals surface area (Å²) in [4.78, 5) is 27.5. The fourth-order valence-corrected chi connectivity index (χ4v) is 3.68. The Labute approximate surface area is 172 Å². The molecule has 156 valence electrons. The molecule has 1 aliphatic heterocycles. The standard InChI is InChI=1S/C22H21NO7/c1-27-10-5-9-23-18(14-8-4-11-29-14)17(20(25)22(23)26)19(24)16-12-13-6-3-7-15(28-2)21(13)30-16/h3-4,6-8,11-12,18,25H,5,9-10H2,1-2H3. The van der Waals surface area contributed by atoms with Gasteiger partial charge in [-0.2, -0.15) is 0 Å². The predicted octanol–water partition coefficient (Wildman–Crippen LogP) is 3.65. The van der Waals surface area contributed by atoms with E-state index in [1.807, 2.05) is 0 Å². The lowest BCUT2D eigenvalue weighted by molar-refractivity contribution is -0.129. The Morgan fingerprint density at radius 1 is 1.23 bits per heavy atom. The van der Waals surface area contributed by atoms with E-state index >= 15 is 0 Å². The summed E-state index contributed by atoms with van der Waals surface area (Å²) in [6.45, 7) is 0.717. The highest BCUT2D eigenvalue weighted by Crippen LogP contribution is 2.40. The number of furan rings is 2. The molecule has 1 N–H and O–H groups in total. The number of benzene rings is 1. The number of ketones is 1. The minimum Gasteiger partial charge on any atom is -0.503 e. The molecule has 1 amide bonds. The lowest BCUT2D eigenvalue weighted by atomic mass is 9.99. The van der Waals surface area contributed by atoms with Gasteiger partial charge < -0.3 is 28.3 Å². The van der Waals surface area contributed by atoms with Crippen molar-refractivity contribution in [2.24, 2.45) is 0 Å². The number of fused-ring (bicyclic) bond motifs is 1. The molecule has 8 nitrogen and oxygen atoms in total. The summed E-state index contributed by atoms with van der Waals surface area (Å²) in [7, 11) is 3.07. The van der Waals surface area contributed by atoms with Crippen LogP contribution in [0.2, 0.25) is 0 Å². The number of amides is 1. The second-order valence-electron chi connectivity index (χ2n) is 6.84. The smallest absolute Gasteiger partial charge is 0.290 e. The van der Waals surface area contributed by atoms with Crippen LogP contribution >= 0.6 is 0 Å². The number of hydrogen-bond acceptors (Lipinski definition) is 7. The molecule has 1 aromatic carbocycles. The van der Waals surface area contributed by atoms with Crippen molar-refractivity contribution in [3.63, 3.8) is 0 Å². The Kier molecular flexibility index (Phi) is 5.33. The van der Waals surface area contributed by atoms with Gasteiger partial charge >= 0.3 is 0 Å². The molecule has 0 saturated carbocycles. The molecular weight excluding hydrogens is 390 g/mol. The number of hydrogen-bond donors (Lipinski definition) is 1.